The number of hydrogen-bond acceptors (Lipinski definition) is 4. The molecule has 0 amide bonds. The Morgan fingerprint density at radius 2 is 2.00 bits per heavy atom. The highest BCUT2D eigenvalue weighted by Crippen LogP contribution is 2.27. The summed E-state index contributed by atoms with van der Waals surface area (Å²) in [6.45, 7) is 4.31. The summed E-state index contributed by atoms with van der Waals surface area (Å²) >= 11 is 6.25. The van der Waals surface area contributed by atoms with Crippen LogP contribution >= 0.6 is 11.6 Å². The third kappa shape index (κ3) is 3.44. The van der Waals surface area contributed by atoms with E-state index < -0.39 is 0 Å². The third-order valence-corrected chi connectivity index (χ3v) is 4.33. The van der Waals surface area contributed by atoms with E-state index in [9.17, 15) is 4.79 Å². The standard InChI is InChI=1S/C18H19ClN4O2/c1-4-13-6-5-7-16(23-18(24)22(3)20-21-23)14(13)11-25-17-9-8-12(2)10-15(17)19/h5-10H,4,11H2,1-3H3. The van der Waals surface area contributed by atoms with Crippen LogP contribution in [0.3, 0.4) is 0 Å². The van der Waals surface area contributed by atoms with Gasteiger partial charge in [-0.05, 0) is 53.1 Å². The maximum absolute atomic E-state index is 12.2. The molecule has 1 aromatic heterocycles. The van der Waals surface area contributed by atoms with Crippen LogP contribution in [0.5, 0.6) is 5.75 Å². The molecule has 0 N–H and O–H groups in total. The highest BCUT2D eigenvalue weighted by Gasteiger charge is 2.15. The fourth-order valence-electron chi connectivity index (χ4n) is 2.66. The number of rotatable bonds is 5. The van der Waals surface area contributed by atoms with Crippen LogP contribution in [0.15, 0.2) is 41.2 Å². The van der Waals surface area contributed by atoms with Gasteiger partial charge in [0.25, 0.3) is 0 Å². The van der Waals surface area contributed by atoms with Gasteiger partial charge >= 0.3 is 5.69 Å². The number of ether oxygens (including phenoxy) is 1. The molecule has 3 rings (SSSR count). The Morgan fingerprint density at radius 1 is 1.20 bits per heavy atom. The van der Waals surface area contributed by atoms with Gasteiger partial charge in [0.15, 0.2) is 0 Å². The molecule has 0 fully saturated rings. The van der Waals surface area contributed by atoms with Crippen molar-refractivity contribution in [1.82, 2.24) is 19.8 Å². The van der Waals surface area contributed by atoms with Crippen LogP contribution in [-0.4, -0.2) is 19.8 Å². The molecule has 130 valence electrons. The molecule has 3 aromatic rings. The average molecular weight is 359 g/mol. The molecule has 0 radical (unpaired) electrons. The van der Waals surface area contributed by atoms with E-state index >= 15 is 0 Å². The number of aromatic nitrogens is 4. The average Bonchev–Trinajstić information content (AvgIpc) is 2.93. The zero-order valence-electron chi connectivity index (χ0n) is 14.4. The lowest BCUT2D eigenvalue weighted by Crippen LogP contribution is -2.23. The second-order valence-corrected chi connectivity index (χ2v) is 6.19. The van der Waals surface area contributed by atoms with Crippen molar-refractivity contribution in [1.29, 1.82) is 0 Å². The summed E-state index contributed by atoms with van der Waals surface area (Å²) in [5.41, 5.74) is 3.41. The Balaban J connectivity index is 1.99. The lowest BCUT2D eigenvalue weighted by Gasteiger charge is -2.15. The Labute approximate surface area is 150 Å². The van der Waals surface area contributed by atoms with Gasteiger partial charge in [0.05, 0.1) is 10.7 Å². The minimum atomic E-state index is -0.303. The second kappa shape index (κ2) is 7.11. The van der Waals surface area contributed by atoms with Crippen LogP contribution in [0.2, 0.25) is 5.02 Å². The topological polar surface area (TPSA) is 61.9 Å². The first kappa shape index (κ1) is 17.2. The Bertz CT molecular complexity index is 962. The summed E-state index contributed by atoms with van der Waals surface area (Å²) in [5.74, 6) is 0.607. The molecule has 0 atom stereocenters. The van der Waals surface area contributed by atoms with Crippen LogP contribution in [0.25, 0.3) is 5.69 Å². The molecule has 0 unspecified atom stereocenters. The third-order valence-electron chi connectivity index (χ3n) is 4.04. The summed E-state index contributed by atoms with van der Waals surface area (Å²) in [6, 6.07) is 11.4. The van der Waals surface area contributed by atoms with E-state index in [4.69, 9.17) is 16.3 Å². The number of benzene rings is 2. The highest BCUT2D eigenvalue weighted by atomic mass is 35.5. The van der Waals surface area contributed by atoms with Gasteiger partial charge < -0.3 is 4.74 Å². The van der Waals surface area contributed by atoms with Crippen LogP contribution in [0, 0.1) is 6.92 Å². The highest BCUT2D eigenvalue weighted by molar-refractivity contribution is 6.32. The number of halogens is 1. The van der Waals surface area contributed by atoms with E-state index in [-0.39, 0.29) is 12.3 Å². The van der Waals surface area contributed by atoms with E-state index in [0.717, 1.165) is 23.1 Å². The van der Waals surface area contributed by atoms with Gasteiger partial charge in [-0.15, -0.1) is 0 Å². The molecule has 2 aromatic carbocycles. The van der Waals surface area contributed by atoms with Crippen molar-refractivity contribution in [3.63, 3.8) is 0 Å². The van der Waals surface area contributed by atoms with Gasteiger partial charge in [-0.1, -0.05) is 36.7 Å². The number of hydrogen-bond donors (Lipinski definition) is 0. The summed E-state index contributed by atoms with van der Waals surface area (Å²) < 4.78 is 8.41. The minimum Gasteiger partial charge on any atom is -0.487 e. The molecule has 0 aliphatic rings. The monoisotopic (exact) mass is 358 g/mol. The first-order valence-corrected chi connectivity index (χ1v) is 8.38. The van der Waals surface area contributed by atoms with Crippen LogP contribution in [0.4, 0.5) is 0 Å². The normalized spacial score (nSPS) is 10.9. The summed E-state index contributed by atoms with van der Waals surface area (Å²) in [5, 5.41) is 8.29. The zero-order valence-corrected chi connectivity index (χ0v) is 15.1. The van der Waals surface area contributed by atoms with Crippen molar-refractivity contribution in [2.45, 2.75) is 26.9 Å². The van der Waals surface area contributed by atoms with Crippen molar-refractivity contribution in [3.05, 3.63) is 68.6 Å². The molecule has 1 heterocycles. The van der Waals surface area contributed by atoms with Gasteiger partial charge in [-0.3, -0.25) is 0 Å². The van der Waals surface area contributed by atoms with Crippen molar-refractivity contribution in [2.24, 2.45) is 7.05 Å². The van der Waals surface area contributed by atoms with Gasteiger partial charge in [0, 0.05) is 12.6 Å². The molecule has 25 heavy (non-hydrogen) atoms. The van der Waals surface area contributed by atoms with E-state index in [1.807, 2.05) is 43.3 Å². The Kier molecular flexibility index (Phi) is 4.90. The Hall–Kier alpha value is -2.60. The maximum atomic E-state index is 12.2. The number of tetrazole rings is 1. The molecule has 7 heteroatoms. The summed E-state index contributed by atoms with van der Waals surface area (Å²) in [4.78, 5) is 12.2. The van der Waals surface area contributed by atoms with Crippen LogP contribution in [-0.2, 0) is 20.1 Å². The predicted octanol–water partition coefficient (Wildman–Crippen LogP) is 3.07. The van der Waals surface area contributed by atoms with E-state index in [1.165, 1.54) is 9.36 Å². The SMILES string of the molecule is CCc1cccc(-n2nnn(C)c2=O)c1COc1ccc(C)cc1Cl. The van der Waals surface area contributed by atoms with Gasteiger partial charge in [0.1, 0.15) is 12.4 Å². The molecular weight excluding hydrogens is 340 g/mol. The largest absolute Gasteiger partial charge is 0.487 e. The number of aryl methyl sites for hydroxylation is 3. The molecule has 0 aliphatic carbocycles. The minimum absolute atomic E-state index is 0.283. The fraction of sp³-hybridized carbons (Fsp3) is 0.278. The molecular formula is C18H19ClN4O2. The van der Waals surface area contributed by atoms with E-state index in [1.54, 1.807) is 7.05 Å². The number of nitrogens with zero attached hydrogens (tertiary/aromatic N) is 4. The van der Waals surface area contributed by atoms with Gasteiger partial charge in [0.2, 0.25) is 0 Å². The Morgan fingerprint density at radius 3 is 2.64 bits per heavy atom. The zero-order chi connectivity index (χ0) is 18.0. The predicted molar refractivity (Wildman–Crippen MR) is 96.5 cm³/mol. The molecule has 0 aliphatic heterocycles. The van der Waals surface area contributed by atoms with Crippen molar-refractivity contribution in [3.8, 4) is 11.4 Å². The maximum Gasteiger partial charge on any atom is 0.368 e. The first-order valence-electron chi connectivity index (χ1n) is 8.00. The van der Waals surface area contributed by atoms with Crippen molar-refractivity contribution < 1.29 is 4.74 Å². The van der Waals surface area contributed by atoms with Crippen LogP contribution < -0.4 is 10.4 Å². The quantitative estimate of drug-likeness (QED) is 0.703. The van der Waals surface area contributed by atoms with Crippen molar-refractivity contribution in [2.75, 3.05) is 0 Å². The molecule has 0 saturated heterocycles. The molecule has 0 spiro atoms. The molecule has 6 nitrogen and oxygen atoms in total. The van der Waals surface area contributed by atoms with E-state index in [0.29, 0.717) is 16.5 Å². The van der Waals surface area contributed by atoms with Crippen LogP contribution in [0.1, 0.15) is 23.6 Å². The van der Waals surface area contributed by atoms with Gasteiger partial charge in [-0.25, -0.2) is 4.79 Å². The first-order chi connectivity index (χ1) is 12.0. The van der Waals surface area contributed by atoms with Crippen molar-refractivity contribution >= 4 is 11.6 Å². The van der Waals surface area contributed by atoms with Gasteiger partial charge in [-0.2, -0.15) is 9.36 Å². The lowest BCUT2D eigenvalue weighted by atomic mass is 10.0. The fourth-order valence-corrected chi connectivity index (χ4v) is 2.94. The second-order valence-electron chi connectivity index (χ2n) is 5.79. The summed E-state index contributed by atoms with van der Waals surface area (Å²) in [6.07, 6.45) is 0.809. The van der Waals surface area contributed by atoms with E-state index in [2.05, 4.69) is 17.4 Å². The molecule has 0 bridgehead atoms. The summed E-state index contributed by atoms with van der Waals surface area (Å²) in [7, 11) is 1.57. The molecule has 0 saturated carbocycles. The smallest absolute Gasteiger partial charge is 0.368 e. The lowest BCUT2D eigenvalue weighted by molar-refractivity contribution is 0.304.